The molecule has 0 amide bonds. The molecule has 0 fully saturated rings. The Morgan fingerprint density at radius 1 is 1.25 bits per heavy atom. The standard InChI is InChI=1S/C8H12N2.C2H6/c1-6(2)8-4-5-9-7(3)10-8;1-2/h4-6H,1-3H3;1-2H3. The molecule has 0 aliphatic carbocycles. The second kappa shape index (κ2) is 5.70. The molecule has 0 aromatic carbocycles. The van der Waals surface area contributed by atoms with Crippen LogP contribution in [0.2, 0.25) is 0 Å². The van der Waals surface area contributed by atoms with Crippen LogP contribution in [-0.2, 0) is 0 Å². The number of aromatic nitrogens is 2. The highest BCUT2D eigenvalue weighted by Crippen LogP contribution is 2.08. The molecule has 1 aromatic heterocycles. The molecule has 1 aromatic rings. The van der Waals surface area contributed by atoms with E-state index in [4.69, 9.17) is 0 Å². The normalized spacial score (nSPS) is 9.17. The number of aryl methyl sites for hydroxylation is 1. The van der Waals surface area contributed by atoms with Gasteiger partial charge in [-0.15, -0.1) is 0 Å². The fraction of sp³-hybridized carbons (Fsp3) is 0.600. The summed E-state index contributed by atoms with van der Waals surface area (Å²) >= 11 is 0. The topological polar surface area (TPSA) is 25.8 Å². The van der Waals surface area contributed by atoms with Gasteiger partial charge < -0.3 is 0 Å². The van der Waals surface area contributed by atoms with E-state index in [0.717, 1.165) is 11.5 Å². The van der Waals surface area contributed by atoms with E-state index in [2.05, 4.69) is 23.8 Å². The lowest BCUT2D eigenvalue weighted by Gasteiger charge is -2.02. The van der Waals surface area contributed by atoms with Crippen LogP contribution in [0.5, 0.6) is 0 Å². The zero-order valence-corrected chi connectivity index (χ0v) is 8.63. The van der Waals surface area contributed by atoms with E-state index < -0.39 is 0 Å². The maximum atomic E-state index is 4.26. The quantitative estimate of drug-likeness (QED) is 0.641. The molecule has 0 unspecified atom stereocenters. The van der Waals surface area contributed by atoms with Crippen molar-refractivity contribution in [1.82, 2.24) is 9.97 Å². The largest absolute Gasteiger partial charge is 0.242 e. The lowest BCUT2D eigenvalue weighted by molar-refractivity contribution is 0.801. The van der Waals surface area contributed by atoms with Gasteiger partial charge in [0.25, 0.3) is 0 Å². The van der Waals surface area contributed by atoms with Crippen molar-refractivity contribution in [3.63, 3.8) is 0 Å². The molecule has 0 atom stereocenters. The Morgan fingerprint density at radius 3 is 2.17 bits per heavy atom. The predicted octanol–water partition coefficient (Wildman–Crippen LogP) is 2.93. The molecule has 1 heterocycles. The van der Waals surface area contributed by atoms with Gasteiger partial charge in [-0.1, -0.05) is 27.7 Å². The summed E-state index contributed by atoms with van der Waals surface area (Å²) < 4.78 is 0. The summed E-state index contributed by atoms with van der Waals surface area (Å²) in [5.74, 6) is 1.35. The van der Waals surface area contributed by atoms with Crippen LogP contribution in [0.25, 0.3) is 0 Å². The molecule has 0 radical (unpaired) electrons. The van der Waals surface area contributed by atoms with Gasteiger partial charge in [0.15, 0.2) is 0 Å². The first-order valence-corrected chi connectivity index (χ1v) is 4.49. The lowest BCUT2D eigenvalue weighted by atomic mass is 10.1. The Balaban J connectivity index is 0.000000561. The van der Waals surface area contributed by atoms with E-state index in [1.807, 2.05) is 26.8 Å². The van der Waals surface area contributed by atoms with Gasteiger partial charge in [0.1, 0.15) is 5.82 Å². The minimum Gasteiger partial charge on any atom is -0.242 e. The first-order chi connectivity index (χ1) is 5.70. The van der Waals surface area contributed by atoms with Crippen LogP contribution in [0, 0.1) is 6.92 Å². The first-order valence-electron chi connectivity index (χ1n) is 4.49. The fourth-order valence-electron chi connectivity index (χ4n) is 0.796. The monoisotopic (exact) mass is 166 g/mol. The molecular formula is C10H18N2. The van der Waals surface area contributed by atoms with E-state index in [1.165, 1.54) is 0 Å². The molecule has 1 rings (SSSR count). The maximum Gasteiger partial charge on any atom is 0.125 e. The Hall–Kier alpha value is -0.920. The van der Waals surface area contributed by atoms with E-state index in [0.29, 0.717) is 5.92 Å². The van der Waals surface area contributed by atoms with Crippen molar-refractivity contribution in [1.29, 1.82) is 0 Å². The molecule has 2 nitrogen and oxygen atoms in total. The van der Waals surface area contributed by atoms with Gasteiger partial charge in [-0.05, 0) is 18.9 Å². The summed E-state index contributed by atoms with van der Waals surface area (Å²) in [6.45, 7) is 10.2. The second-order valence-electron chi connectivity index (χ2n) is 2.68. The van der Waals surface area contributed by atoms with Gasteiger partial charge in [0.2, 0.25) is 0 Å². The molecular weight excluding hydrogens is 148 g/mol. The third kappa shape index (κ3) is 3.46. The Labute approximate surface area is 75.1 Å². The van der Waals surface area contributed by atoms with Gasteiger partial charge in [-0.2, -0.15) is 0 Å². The SMILES string of the molecule is CC.Cc1nccc(C(C)C)n1. The van der Waals surface area contributed by atoms with E-state index >= 15 is 0 Å². The van der Waals surface area contributed by atoms with Crippen molar-refractivity contribution in [3.05, 3.63) is 23.8 Å². The molecule has 0 saturated carbocycles. The minimum absolute atomic E-state index is 0.502. The highest BCUT2D eigenvalue weighted by Gasteiger charge is 1.98. The summed E-state index contributed by atoms with van der Waals surface area (Å²) in [5.41, 5.74) is 1.12. The van der Waals surface area contributed by atoms with Crippen molar-refractivity contribution in [3.8, 4) is 0 Å². The minimum atomic E-state index is 0.502. The summed E-state index contributed by atoms with van der Waals surface area (Å²) in [6, 6.07) is 1.96. The van der Waals surface area contributed by atoms with Crippen molar-refractivity contribution >= 4 is 0 Å². The molecule has 68 valence electrons. The molecule has 0 bridgehead atoms. The Kier molecular flexibility index (Phi) is 5.26. The summed E-state index contributed by atoms with van der Waals surface area (Å²) in [7, 11) is 0. The van der Waals surface area contributed by atoms with Crippen LogP contribution in [0.1, 0.15) is 45.1 Å². The average molecular weight is 166 g/mol. The highest BCUT2D eigenvalue weighted by molar-refractivity contribution is 5.05. The van der Waals surface area contributed by atoms with Crippen LogP contribution in [0.3, 0.4) is 0 Å². The number of nitrogens with zero attached hydrogens (tertiary/aromatic N) is 2. The molecule has 0 saturated heterocycles. The molecule has 0 aliphatic rings. The van der Waals surface area contributed by atoms with Crippen molar-refractivity contribution in [2.24, 2.45) is 0 Å². The molecule has 0 spiro atoms. The van der Waals surface area contributed by atoms with Crippen LogP contribution >= 0.6 is 0 Å². The van der Waals surface area contributed by atoms with E-state index in [9.17, 15) is 0 Å². The van der Waals surface area contributed by atoms with E-state index in [1.54, 1.807) is 6.20 Å². The molecule has 0 N–H and O–H groups in total. The van der Waals surface area contributed by atoms with Crippen LogP contribution in [0.15, 0.2) is 12.3 Å². The van der Waals surface area contributed by atoms with Gasteiger partial charge >= 0.3 is 0 Å². The Bertz CT molecular complexity index is 219. The molecule has 0 aliphatic heterocycles. The summed E-state index contributed by atoms with van der Waals surface area (Å²) in [5, 5.41) is 0. The smallest absolute Gasteiger partial charge is 0.125 e. The van der Waals surface area contributed by atoms with Crippen molar-refractivity contribution in [2.45, 2.75) is 40.5 Å². The average Bonchev–Trinajstić information content (AvgIpc) is 2.08. The van der Waals surface area contributed by atoms with Gasteiger partial charge in [-0.25, -0.2) is 9.97 Å². The zero-order valence-electron chi connectivity index (χ0n) is 8.63. The van der Waals surface area contributed by atoms with Gasteiger partial charge in [0, 0.05) is 11.9 Å². The van der Waals surface area contributed by atoms with Crippen molar-refractivity contribution in [2.75, 3.05) is 0 Å². The fourth-order valence-corrected chi connectivity index (χ4v) is 0.796. The number of rotatable bonds is 1. The lowest BCUT2D eigenvalue weighted by Crippen LogP contribution is -1.95. The van der Waals surface area contributed by atoms with Crippen LogP contribution in [0.4, 0.5) is 0 Å². The Morgan fingerprint density at radius 2 is 1.83 bits per heavy atom. The third-order valence-electron chi connectivity index (χ3n) is 1.39. The van der Waals surface area contributed by atoms with Gasteiger partial charge in [0.05, 0.1) is 0 Å². The third-order valence-corrected chi connectivity index (χ3v) is 1.39. The summed E-state index contributed by atoms with van der Waals surface area (Å²) in [6.07, 6.45) is 1.80. The summed E-state index contributed by atoms with van der Waals surface area (Å²) in [4.78, 5) is 8.27. The maximum absolute atomic E-state index is 4.26. The van der Waals surface area contributed by atoms with Crippen LogP contribution in [-0.4, -0.2) is 9.97 Å². The highest BCUT2D eigenvalue weighted by atomic mass is 14.9. The zero-order chi connectivity index (χ0) is 9.56. The van der Waals surface area contributed by atoms with E-state index in [-0.39, 0.29) is 0 Å². The molecule has 12 heavy (non-hydrogen) atoms. The number of hydrogen-bond acceptors (Lipinski definition) is 2. The van der Waals surface area contributed by atoms with Crippen LogP contribution < -0.4 is 0 Å². The van der Waals surface area contributed by atoms with Gasteiger partial charge in [-0.3, -0.25) is 0 Å². The van der Waals surface area contributed by atoms with Crippen molar-refractivity contribution < 1.29 is 0 Å². The number of hydrogen-bond donors (Lipinski definition) is 0. The first kappa shape index (κ1) is 11.1. The second-order valence-corrected chi connectivity index (χ2v) is 2.68. The molecule has 2 heteroatoms. The predicted molar refractivity (Wildman–Crippen MR) is 52.2 cm³/mol.